The second kappa shape index (κ2) is 5.50. The normalized spacial score (nSPS) is 14.2. The Balaban J connectivity index is 3.17. The van der Waals surface area contributed by atoms with Gasteiger partial charge in [0.15, 0.2) is 0 Å². The quantitative estimate of drug-likeness (QED) is 0.594. The molecular formula is C14H17FO. The average Bonchev–Trinajstić information content (AvgIpc) is 2.29. The molecule has 86 valence electrons. The zero-order chi connectivity index (χ0) is 12.1. The van der Waals surface area contributed by atoms with Crippen LogP contribution < -0.4 is 0 Å². The SMILES string of the molecule is C=C/C(=C(\C)O)c1cccc(C(C)CF)c1. The van der Waals surface area contributed by atoms with E-state index in [1.807, 2.05) is 31.2 Å². The Morgan fingerprint density at radius 3 is 2.75 bits per heavy atom. The molecule has 1 aromatic carbocycles. The molecule has 0 aliphatic heterocycles. The van der Waals surface area contributed by atoms with E-state index in [4.69, 9.17) is 0 Å². The monoisotopic (exact) mass is 220 g/mol. The molecule has 0 bridgehead atoms. The second-order valence-corrected chi connectivity index (χ2v) is 3.88. The Bertz CT molecular complexity index is 403. The van der Waals surface area contributed by atoms with E-state index in [-0.39, 0.29) is 18.4 Å². The van der Waals surface area contributed by atoms with Gasteiger partial charge in [0.05, 0.1) is 12.4 Å². The van der Waals surface area contributed by atoms with E-state index >= 15 is 0 Å². The molecule has 0 saturated heterocycles. The largest absolute Gasteiger partial charge is 0.512 e. The van der Waals surface area contributed by atoms with Gasteiger partial charge in [-0.2, -0.15) is 0 Å². The van der Waals surface area contributed by atoms with Gasteiger partial charge in [-0.15, -0.1) is 0 Å². The summed E-state index contributed by atoms with van der Waals surface area (Å²) in [6.45, 7) is 6.73. The third-order valence-corrected chi connectivity index (χ3v) is 2.59. The molecule has 1 nitrogen and oxygen atoms in total. The van der Waals surface area contributed by atoms with Crippen molar-refractivity contribution in [2.75, 3.05) is 6.67 Å². The van der Waals surface area contributed by atoms with Crippen LogP contribution in [0.2, 0.25) is 0 Å². The van der Waals surface area contributed by atoms with Gasteiger partial charge in [0.2, 0.25) is 0 Å². The third-order valence-electron chi connectivity index (χ3n) is 2.59. The molecule has 1 atom stereocenters. The molecule has 2 heteroatoms. The lowest BCUT2D eigenvalue weighted by atomic mass is 9.96. The lowest BCUT2D eigenvalue weighted by Crippen LogP contribution is -1.96. The highest BCUT2D eigenvalue weighted by atomic mass is 19.1. The van der Waals surface area contributed by atoms with Gasteiger partial charge in [0, 0.05) is 11.5 Å². The van der Waals surface area contributed by atoms with Crippen molar-refractivity contribution in [1.29, 1.82) is 0 Å². The zero-order valence-corrected chi connectivity index (χ0v) is 9.70. The van der Waals surface area contributed by atoms with Gasteiger partial charge >= 0.3 is 0 Å². The van der Waals surface area contributed by atoms with Gasteiger partial charge in [-0.3, -0.25) is 4.39 Å². The minimum atomic E-state index is -0.380. The van der Waals surface area contributed by atoms with Crippen LogP contribution >= 0.6 is 0 Å². The summed E-state index contributed by atoms with van der Waals surface area (Å²) >= 11 is 0. The number of allylic oxidation sites excluding steroid dienone is 3. The molecule has 0 aliphatic carbocycles. The number of aliphatic hydroxyl groups excluding tert-OH is 1. The van der Waals surface area contributed by atoms with E-state index in [0.717, 1.165) is 11.1 Å². The van der Waals surface area contributed by atoms with Crippen LogP contribution in [0, 0.1) is 0 Å². The van der Waals surface area contributed by atoms with Crippen LogP contribution in [0.15, 0.2) is 42.7 Å². The molecule has 1 rings (SSSR count). The average molecular weight is 220 g/mol. The minimum Gasteiger partial charge on any atom is -0.512 e. The third kappa shape index (κ3) is 2.72. The molecule has 0 fully saturated rings. The first kappa shape index (κ1) is 12.5. The van der Waals surface area contributed by atoms with Crippen molar-refractivity contribution >= 4 is 5.57 Å². The molecule has 1 aromatic rings. The van der Waals surface area contributed by atoms with E-state index in [9.17, 15) is 9.50 Å². The first-order chi connectivity index (χ1) is 7.60. The van der Waals surface area contributed by atoms with Crippen molar-refractivity contribution in [1.82, 2.24) is 0 Å². The predicted octanol–water partition coefficient (Wildman–Crippen LogP) is 4.23. The first-order valence-electron chi connectivity index (χ1n) is 5.28. The maximum absolute atomic E-state index is 12.6. The Labute approximate surface area is 95.9 Å². The van der Waals surface area contributed by atoms with Crippen LogP contribution in [-0.4, -0.2) is 11.8 Å². The van der Waals surface area contributed by atoms with Crippen LogP contribution in [0.1, 0.15) is 30.9 Å². The van der Waals surface area contributed by atoms with Gasteiger partial charge in [0.25, 0.3) is 0 Å². The van der Waals surface area contributed by atoms with Crippen LogP contribution in [-0.2, 0) is 0 Å². The van der Waals surface area contributed by atoms with Crippen LogP contribution in [0.3, 0.4) is 0 Å². The van der Waals surface area contributed by atoms with E-state index in [1.54, 1.807) is 13.0 Å². The predicted molar refractivity (Wildman–Crippen MR) is 66.3 cm³/mol. The summed E-state index contributed by atoms with van der Waals surface area (Å²) < 4.78 is 12.6. The van der Waals surface area contributed by atoms with Crippen molar-refractivity contribution in [2.45, 2.75) is 19.8 Å². The molecule has 16 heavy (non-hydrogen) atoms. The first-order valence-corrected chi connectivity index (χ1v) is 5.28. The fraction of sp³-hybridized carbons (Fsp3) is 0.286. The summed E-state index contributed by atoms with van der Waals surface area (Å²) in [4.78, 5) is 0. The molecule has 0 spiro atoms. The summed E-state index contributed by atoms with van der Waals surface area (Å²) in [6, 6.07) is 7.52. The van der Waals surface area contributed by atoms with Gasteiger partial charge in [0.1, 0.15) is 0 Å². The number of hydrogen-bond donors (Lipinski definition) is 1. The number of halogens is 1. The topological polar surface area (TPSA) is 20.2 Å². The van der Waals surface area contributed by atoms with Crippen molar-refractivity contribution in [2.24, 2.45) is 0 Å². The second-order valence-electron chi connectivity index (χ2n) is 3.88. The van der Waals surface area contributed by atoms with Crippen molar-refractivity contribution in [3.63, 3.8) is 0 Å². The summed E-state index contributed by atoms with van der Waals surface area (Å²) in [5.41, 5.74) is 2.49. The summed E-state index contributed by atoms with van der Waals surface area (Å²) in [6.07, 6.45) is 1.61. The summed E-state index contributed by atoms with van der Waals surface area (Å²) in [7, 11) is 0. The lowest BCUT2D eigenvalue weighted by Gasteiger charge is -2.10. The Morgan fingerprint density at radius 1 is 1.56 bits per heavy atom. The summed E-state index contributed by atoms with van der Waals surface area (Å²) in [5.74, 6) is 0.102. The van der Waals surface area contributed by atoms with Gasteiger partial charge in [-0.05, 0) is 18.1 Å². The molecule has 0 amide bonds. The smallest absolute Gasteiger partial charge is 0.0969 e. The van der Waals surface area contributed by atoms with E-state index in [0.29, 0.717) is 5.57 Å². The molecule has 0 radical (unpaired) electrons. The van der Waals surface area contributed by atoms with E-state index in [2.05, 4.69) is 6.58 Å². The summed E-state index contributed by atoms with van der Waals surface area (Å²) in [5, 5.41) is 9.49. The Morgan fingerprint density at radius 2 is 2.25 bits per heavy atom. The molecular weight excluding hydrogens is 203 g/mol. The maximum Gasteiger partial charge on any atom is 0.0969 e. The molecule has 0 aromatic heterocycles. The number of alkyl halides is 1. The number of rotatable bonds is 4. The molecule has 0 saturated carbocycles. The number of benzene rings is 1. The van der Waals surface area contributed by atoms with Gasteiger partial charge < -0.3 is 5.11 Å². The number of hydrogen-bond acceptors (Lipinski definition) is 1. The zero-order valence-electron chi connectivity index (χ0n) is 9.70. The van der Waals surface area contributed by atoms with Gasteiger partial charge in [-0.25, -0.2) is 0 Å². The molecule has 0 heterocycles. The van der Waals surface area contributed by atoms with Crippen molar-refractivity contribution in [3.8, 4) is 0 Å². The fourth-order valence-electron chi connectivity index (χ4n) is 1.58. The highest BCUT2D eigenvalue weighted by Crippen LogP contribution is 2.23. The highest BCUT2D eigenvalue weighted by Gasteiger charge is 2.07. The van der Waals surface area contributed by atoms with E-state index in [1.165, 1.54) is 0 Å². The molecule has 1 unspecified atom stereocenters. The van der Waals surface area contributed by atoms with Crippen molar-refractivity contribution < 1.29 is 9.50 Å². The fourth-order valence-corrected chi connectivity index (χ4v) is 1.58. The molecule has 1 N–H and O–H groups in total. The standard InChI is InChI=1S/C14H17FO/c1-4-14(11(3)16)13-7-5-6-12(8-13)10(2)9-15/h4-8,10,16H,1,9H2,2-3H3/b14-11-. The Hall–Kier alpha value is -1.57. The number of aliphatic hydroxyl groups is 1. The lowest BCUT2D eigenvalue weighted by molar-refractivity contribution is 0.417. The minimum absolute atomic E-state index is 0.120. The van der Waals surface area contributed by atoms with Crippen LogP contribution in [0.4, 0.5) is 4.39 Å². The Kier molecular flexibility index (Phi) is 4.29. The maximum atomic E-state index is 12.6. The van der Waals surface area contributed by atoms with Crippen molar-refractivity contribution in [3.05, 3.63) is 53.8 Å². The van der Waals surface area contributed by atoms with Crippen LogP contribution in [0.25, 0.3) is 5.57 Å². The highest BCUT2D eigenvalue weighted by molar-refractivity contribution is 5.75. The van der Waals surface area contributed by atoms with Crippen LogP contribution in [0.5, 0.6) is 0 Å². The molecule has 0 aliphatic rings. The van der Waals surface area contributed by atoms with E-state index < -0.39 is 0 Å². The van der Waals surface area contributed by atoms with Gasteiger partial charge in [-0.1, -0.05) is 43.8 Å².